The van der Waals surface area contributed by atoms with Crippen LogP contribution in [0.15, 0.2) is 30.3 Å². The van der Waals surface area contributed by atoms with Crippen LogP contribution in [0.3, 0.4) is 0 Å². The number of nitrogens with one attached hydrogen (secondary N) is 1. The summed E-state index contributed by atoms with van der Waals surface area (Å²) < 4.78 is 31.9. The van der Waals surface area contributed by atoms with Crippen LogP contribution in [0.25, 0.3) is 10.8 Å². The van der Waals surface area contributed by atoms with Gasteiger partial charge in [-0.3, -0.25) is 9.59 Å². The average molecular weight is 406 g/mol. The summed E-state index contributed by atoms with van der Waals surface area (Å²) in [5, 5.41) is 11.8. The van der Waals surface area contributed by atoms with E-state index in [-0.39, 0.29) is 29.9 Å². The number of ether oxygens (including phenoxy) is 1. The molecule has 0 radical (unpaired) electrons. The number of phenols is 1. The van der Waals surface area contributed by atoms with Gasteiger partial charge in [-0.25, -0.2) is 9.03 Å². The number of benzene rings is 2. The van der Waals surface area contributed by atoms with Crippen LogP contribution in [0, 0.1) is 5.92 Å². The number of hydrogen-bond acceptors (Lipinski definition) is 6. The number of phenolic OH excluding ortho intramolecular Hbond substituents is 1. The number of aromatic hydroxyl groups is 1. The van der Waals surface area contributed by atoms with Crippen LogP contribution < -0.4 is 9.03 Å². The van der Waals surface area contributed by atoms with Gasteiger partial charge in [0, 0.05) is 6.92 Å². The molecule has 2 N–H and O–H groups in total. The van der Waals surface area contributed by atoms with Crippen molar-refractivity contribution in [3.8, 4) is 5.75 Å². The van der Waals surface area contributed by atoms with E-state index in [1.165, 1.54) is 13.0 Å². The number of carbonyl (C=O) groups is 2. The summed E-state index contributed by atoms with van der Waals surface area (Å²) in [6.07, 6.45) is 1.58. The third-order valence-corrected chi connectivity index (χ3v) is 5.98. The molecule has 2 aromatic carbocycles. The number of rotatable bonds is 6. The summed E-state index contributed by atoms with van der Waals surface area (Å²) in [6, 6.07) is 8.77. The van der Waals surface area contributed by atoms with Crippen LogP contribution in [0.1, 0.15) is 25.8 Å². The Balaban J connectivity index is 1.82. The van der Waals surface area contributed by atoms with E-state index >= 15 is 0 Å². The van der Waals surface area contributed by atoms with Gasteiger partial charge in [0.2, 0.25) is 0 Å². The van der Waals surface area contributed by atoms with Crippen LogP contribution in [0.4, 0.5) is 5.69 Å². The Morgan fingerprint density at radius 3 is 2.68 bits per heavy atom. The molecule has 3 rings (SSSR count). The zero-order valence-corrected chi connectivity index (χ0v) is 16.5. The molecule has 2 aromatic rings. The van der Waals surface area contributed by atoms with Crippen molar-refractivity contribution < 1.29 is 27.9 Å². The van der Waals surface area contributed by atoms with E-state index in [0.717, 1.165) is 33.5 Å². The highest BCUT2D eigenvalue weighted by atomic mass is 32.2. The molecule has 1 atom stereocenters. The van der Waals surface area contributed by atoms with Gasteiger partial charge in [0.15, 0.2) is 0 Å². The number of aryl methyl sites for hydroxylation is 1. The maximum absolute atomic E-state index is 12.1. The van der Waals surface area contributed by atoms with Gasteiger partial charge < -0.3 is 9.84 Å². The molecule has 9 heteroatoms. The van der Waals surface area contributed by atoms with Crippen LogP contribution >= 0.6 is 0 Å². The predicted molar refractivity (Wildman–Crippen MR) is 104 cm³/mol. The summed E-state index contributed by atoms with van der Waals surface area (Å²) >= 11 is 0. The lowest BCUT2D eigenvalue weighted by atomic mass is 9.99. The first kappa shape index (κ1) is 19.9. The molecule has 1 aliphatic rings. The number of esters is 1. The molecule has 0 saturated carbocycles. The maximum atomic E-state index is 12.1. The van der Waals surface area contributed by atoms with Crippen LogP contribution in [-0.4, -0.2) is 38.6 Å². The van der Waals surface area contributed by atoms with Crippen LogP contribution in [-0.2, 0) is 31.0 Å². The Morgan fingerprint density at radius 2 is 2.04 bits per heavy atom. The van der Waals surface area contributed by atoms with Crippen molar-refractivity contribution in [2.24, 2.45) is 5.92 Å². The standard InChI is InChI=1S/C19H22N2O6S/c1-12(11-27-13(2)22)3-4-14-5-6-15-9-18(23)17(8-16(15)7-14)21-10-19(24)20-28(21,25)26/h5-9,12,23H,3-4,10-11H2,1-2H3,(H,20,24). The number of hydrogen-bond donors (Lipinski definition) is 2. The van der Waals surface area contributed by atoms with Crippen LogP contribution in [0.2, 0.25) is 0 Å². The van der Waals surface area contributed by atoms with E-state index in [4.69, 9.17) is 4.74 Å². The average Bonchev–Trinajstić information content (AvgIpc) is 2.89. The second kappa shape index (κ2) is 7.67. The second-order valence-electron chi connectivity index (χ2n) is 7.01. The summed E-state index contributed by atoms with van der Waals surface area (Å²) in [6.45, 7) is 3.39. The molecule has 1 unspecified atom stereocenters. The molecule has 1 aliphatic heterocycles. The van der Waals surface area contributed by atoms with E-state index in [1.54, 1.807) is 6.07 Å². The molecule has 150 valence electrons. The highest BCUT2D eigenvalue weighted by molar-refractivity contribution is 7.92. The van der Waals surface area contributed by atoms with Crippen molar-refractivity contribution in [3.63, 3.8) is 0 Å². The quantitative estimate of drug-likeness (QED) is 0.708. The van der Waals surface area contributed by atoms with Gasteiger partial charge in [-0.15, -0.1) is 0 Å². The van der Waals surface area contributed by atoms with Gasteiger partial charge in [0.1, 0.15) is 12.3 Å². The van der Waals surface area contributed by atoms with E-state index in [9.17, 15) is 23.1 Å². The number of anilines is 1. The van der Waals surface area contributed by atoms with Crippen molar-refractivity contribution in [2.75, 3.05) is 17.5 Å². The first-order chi connectivity index (χ1) is 13.2. The Labute approximate surface area is 163 Å². The molecule has 1 fully saturated rings. The number of nitrogens with zero attached hydrogens (tertiary/aromatic N) is 1. The Kier molecular flexibility index (Phi) is 5.46. The Bertz CT molecular complexity index is 1030. The lowest BCUT2D eigenvalue weighted by molar-refractivity contribution is -0.142. The van der Waals surface area contributed by atoms with Gasteiger partial charge in [0.05, 0.1) is 12.3 Å². The highest BCUT2D eigenvalue weighted by Gasteiger charge is 2.35. The summed E-state index contributed by atoms with van der Waals surface area (Å²) in [4.78, 5) is 22.4. The molecule has 8 nitrogen and oxygen atoms in total. The first-order valence-corrected chi connectivity index (χ1v) is 10.3. The molecule has 0 bridgehead atoms. The molecular formula is C19H22N2O6S. The van der Waals surface area contributed by atoms with Crippen molar-refractivity contribution in [2.45, 2.75) is 26.7 Å². The number of carbonyl (C=O) groups excluding carboxylic acids is 2. The van der Waals surface area contributed by atoms with E-state index in [1.807, 2.05) is 29.8 Å². The molecule has 1 saturated heterocycles. The zero-order chi connectivity index (χ0) is 20.5. The normalized spacial score (nSPS) is 16.8. The smallest absolute Gasteiger partial charge is 0.326 e. The number of amides is 1. The fraction of sp³-hybridized carbons (Fsp3) is 0.368. The third kappa shape index (κ3) is 4.36. The summed E-state index contributed by atoms with van der Waals surface area (Å²) in [5.41, 5.74) is 1.10. The van der Waals surface area contributed by atoms with E-state index in [2.05, 4.69) is 0 Å². The topological polar surface area (TPSA) is 113 Å². The molecule has 0 aliphatic carbocycles. The van der Waals surface area contributed by atoms with Gasteiger partial charge >= 0.3 is 16.2 Å². The van der Waals surface area contributed by atoms with Crippen molar-refractivity contribution >= 4 is 38.5 Å². The van der Waals surface area contributed by atoms with E-state index in [0.29, 0.717) is 6.61 Å². The zero-order valence-electron chi connectivity index (χ0n) is 15.6. The monoisotopic (exact) mass is 406 g/mol. The van der Waals surface area contributed by atoms with Crippen molar-refractivity contribution in [1.82, 2.24) is 4.72 Å². The molecule has 1 amide bonds. The molecular weight excluding hydrogens is 384 g/mol. The fourth-order valence-corrected chi connectivity index (χ4v) is 4.25. The minimum absolute atomic E-state index is 0.0613. The molecule has 0 aromatic heterocycles. The highest BCUT2D eigenvalue weighted by Crippen LogP contribution is 2.35. The third-order valence-electron chi connectivity index (χ3n) is 4.58. The Hall–Kier alpha value is -2.81. The number of fused-ring (bicyclic) bond motifs is 1. The lowest BCUT2D eigenvalue weighted by Crippen LogP contribution is -2.29. The van der Waals surface area contributed by atoms with Gasteiger partial charge in [-0.05, 0) is 47.2 Å². The lowest BCUT2D eigenvalue weighted by Gasteiger charge is -2.17. The fourth-order valence-electron chi connectivity index (χ4n) is 3.10. The molecule has 1 heterocycles. The van der Waals surface area contributed by atoms with Gasteiger partial charge in [-0.1, -0.05) is 25.1 Å². The van der Waals surface area contributed by atoms with Gasteiger partial charge in [0.25, 0.3) is 5.91 Å². The summed E-state index contributed by atoms with van der Waals surface area (Å²) in [5.74, 6) is -0.943. The van der Waals surface area contributed by atoms with Gasteiger partial charge in [-0.2, -0.15) is 8.42 Å². The predicted octanol–water partition coefficient (Wildman–Crippen LogP) is 1.86. The molecule has 28 heavy (non-hydrogen) atoms. The SMILES string of the molecule is CC(=O)OCC(C)CCc1ccc2cc(O)c(N3CC(=O)NS3(=O)=O)cc2c1. The van der Waals surface area contributed by atoms with E-state index < -0.39 is 16.1 Å². The largest absolute Gasteiger partial charge is 0.506 e. The Morgan fingerprint density at radius 1 is 1.29 bits per heavy atom. The summed E-state index contributed by atoms with van der Waals surface area (Å²) in [7, 11) is -3.99. The van der Waals surface area contributed by atoms with Crippen molar-refractivity contribution in [3.05, 3.63) is 35.9 Å². The van der Waals surface area contributed by atoms with Crippen LogP contribution in [0.5, 0.6) is 5.75 Å². The first-order valence-electron chi connectivity index (χ1n) is 8.88. The maximum Gasteiger partial charge on any atom is 0.326 e. The minimum atomic E-state index is -3.99. The molecule has 0 spiro atoms. The minimum Gasteiger partial charge on any atom is -0.506 e. The second-order valence-corrected chi connectivity index (χ2v) is 8.60. The van der Waals surface area contributed by atoms with Crippen molar-refractivity contribution in [1.29, 1.82) is 0 Å².